The lowest BCUT2D eigenvalue weighted by atomic mass is 9.97. The lowest BCUT2D eigenvalue weighted by Gasteiger charge is -2.32. The highest BCUT2D eigenvalue weighted by molar-refractivity contribution is 8.00. The van der Waals surface area contributed by atoms with Crippen LogP contribution in [0.4, 0.5) is 13.2 Å². The Morgan fingerprint density at radius 1 is 1.25 bits per heavy atom. The van der Waals surface area contributed by atoms with Crippen molar-refractivity contribution < 1.29 is 27.5 Å². The van der Waals surface area contributed by atoms with E-state index in [9.17, 15) is 22.8 Å². The fourth-order valence-electron chi connectivity index (χ4n) is 3.87. The highest BCUT2D eigenvalue weighted by atomic mass is 32.2. The molecule has 0 saturated carbocycles. The van der Waals surface area contributed by atoms with Crippen molar-refractivity contribution in [3.63, 3.8) is 0 Å². The molecule has 176 valence electrons. The third-order valence-corrected chi connectivity index (χ3v) is 6.62. The number of halogens is 3. The topological polar surface area (TPSA) is 64.4 Å². The first-order valence-electron chi connectivity index (χ1n) is 10.8. The van der Waals surface area contributed by atoms with Crippen LogP contribution in [0.25, 0.3) is 11.0 Å². The first-order valence-corrected chi connectivity index (χ1v) is 11.7. The third-order valence-electron chi connectivity index (χ3n) is 5.54. The number of aromatic nitrogens is 2. The zero-order valence-corrected chi connectivity index (χ0v) is 19.3. The minimum Gasteiger partial charge on any atom is -0.466 e. The van der Waals surface area contributed by atoms with Gasteiger partial charge >= 0.3 is 12.1 Å². The number of hydrogen-bond acceptors (Lipinski definition) is 5. The monoisotopic (exact) mass is 471 g/mol. The zero-order valence-electron chi connectivity index (χ0n) is 18.4. The average molecular weight is 472 g/mol. The maximum Gasteiger partial charge on any atom is 0.416 e. The Balaban J connectivity index is 1.73. The third kappa shape index (κ3) is 5.39. The standard InChI is InChI=1S/C22H28F3N3O3S/c1-4-10-28-18-13-16(22(23,24)25)6-7-17(18)26-21(28)32-14(3)19(29)27-11-8-15(9-12-27)20(30)31-5-2/h6-7,13-15H,4-5,8-12H2,1-3H3. The van der Waals surface area contributed by atoms with Gasteiger partial charge in [-0.15, -0.1) is 0 Å². The molecule has 1 amide bonds. The van der Waals surface area contributed by atoms with Crippen molar-refractivity contribution in [3.05, 3.63) is 23.8 Å². The molecule has 2 aromatic rings. The van der Waals surface area contributed by atoms with Crippen LogP contribution in [0.1, 0.15) is 45.6 Å². The summed E-state index contributed by atoms with van der Waals surface area (Å²) < 4.78 is 46.3. The van der Waals surface area contributed by atoms with Crippen LogP contribution < -0.4 is 0 Å². The fourth-order valence-corrected chi connectivity index (χ4v) is 4.90. The smallest absolute Gasteiger partial charge is 0.416 e. The number of thioether (sulfide) groups is 1. The first kappa shape index (κ1) is 24.4. The minimum atomic E-state index is -4.43. The molecule has 0 radical (unpaired) electrons. The largest absolute Gasteiger partial charge is 0.466 e. The van der Waals surface area contributed by atoms with Crippen molar-refractivity contribution >= 4 is 34.7 Å². The van der Waals surface area contributed by atoms with Crippen LogP contribution in [0.15, 0.2) is 23.4 Å². The Morgan fingerprint density at radius 3 is 2.53 bits per heavy atom. The molecule has 1 aliphatic heterocycles. The quantitative estimate of drug-likeness (QED) is 0.431. The van der Waals surface area contributed by atoms with E-state index >= 15 is 0 Å². The number of likely N-dealkylation sites (tertiary alicyclic amines) is 1. The van der Waals surface area contributed by atoms with Crippen molar-refractivity contribution in [2.45, 2.75) is 63.2 Å². The van der Waals surface area contributed by atoms with Gasteiger partial charge in [-0.25, -0.2) is 4.98 Å². The molecule has 0 bridgehead atoms. The number of benzene rings is 1. The molecule has 1 aromatic carbocycles. The molecule has 10 heteroatoms. The molecule has 1 unspecified atom stereocenters. The van der Waals surface area contributed by atoms with E-state index in [0.717, 1.165) is 18.6 Å². The number of carbonyl (C=O) groups excluding carboxylic acids is 2. The number of carbonyl (C=O) groups is 2. The molecule has 6 nitrogen and oxygen atoms in total. The fraction of sp³-hybridized carbons (Fsp3) is 0.591. The Morgan fingerprint density at radius 2 is 1.94 bits per heavy atom. The number of hydrogen-bond donors (Lipinski definition) is 0. The second kappa shape index (κ2) is 10.1. The number of rotatable bonds is 7. The van der Waals surface area contributed by atoms with E-state index in [-0.39, 0.29) is 17.8 Å². The second-order valence-corrected chi connectivity index (χ2v) is 9.17. The van der Waals surface area contributed by atoms with Gasteiger partial charge in [0.2, 0.25) is 5.91 Å². The van der Waals surface area contributed by atoms with E-state index < -0.39 is 17.0 Å². The summed E-state index contributed by atoms with van der Waals surface area (Å²) >= 11 is 1.25. The van der Waals surface area contributed by atoms with Crippen molar-refractivity contribution in [2.75, 3.05) is 19.7 Å². The van der Waals surface area contributed by atoms with E-state index in [1.165, 1.54) is 17.8 Å². The molecular formula is C22H28F3N3O3S. The first-order chi connectivity index (χ1) is 15.2. The summed E-state index contributed by atoms with van der Waals surface area (Å²) in [6.45, 7) is 7.30. The Labute approximate surface area is 189 Å². The molecule has 0 aliphatic carbocycles. The van der Waals surface area contributed by atoms with Gasteiger partial charge in [0.1, 0.15) is 0 Å². The Hall–Kier alpha value is -2.23. The number of esters is 1. The van der Waals surface area contributed by atoms with E-state index in [1.807, 2.05) is 6.92 Å². The molecule has 1 fully saturated rings. The Kier molecular flexibility index (Phi) is 7.74. The molecule has 1 atom stereocenters. The summed E-state index contributed by atoms with van der Waals surface area (Å²) in [4.78, 5) is 31.1. The molecule has 0 spiro atoms. The maximum atomic E-state index is 13.2. The lowest BCUT2D eigenvalue weighted by molar-refractivity contribution is -0.151. The van der Waals surface area contributed by atoms with Crippen LogP contribution in [-0.4, -0.2) is 51.3 Å². The minimum absolute atomic E-state index is 0.0663. The summed E-state index contributed by atoms with van der Waals surface area (Å²) in [7, 11) is 0. The number of nitrogens with zero attached hydrogens (tertiary/aromatic N) is 3. The summed E-state index contributed by atoms with van der Waals surface area (Å²) in [6, 6.07) is 3.53. The number of amides is 1. The van der Waals surface area contributed by atoms with Gasteiger partial charge in [-0.3, -0.25) is 9.59 Å². The number of alkyl halides is 3. The lowest BCUT2D eigenvalue weighted by Crippen LogP contribution is -2.43. The second-order valence-electron chi connectivity index (χ2n) is 7.86. The van der Waals surface area contributed by atoms with Gasteiger partial charge in [-0.2, -0.15) is 13.2 Å². The average Bonchev–Trinajstić information content (AvgIpc) is 3.09. The van der Waals surface area contributed by atoms with Gasteiger partial charge in [0, 0.05) is 19.6 Å². The Bertz CT molecular complexity index is 968. The van der Waals surface area contributed by atoms with Crippen molar-refractivity contribution in [1.29, 1.82) is 0 Å². The summed E-state index contributed by atoms with van der Waals surface area (Å²) in [6.07, 6.45) is -2.58. The molecular weight excluding hydrogens is 443 g/mol. The van der Waals surface area contributed by atoms with E-state index in [4.69, 9.17) is 4.74 Å². The van der Waals surface area contributed by atoms with Gasteiger partial charge in [0.05, 0.1) is 34.4 Å². The predicted molar refractivity (Wildman–Crippen MR) is 116 cm³/mol. The van der Waals surface area contributed by atoms with Crippen molar-refractivity contribution in [3.8, 4) is 0 Å². The van der Waals surface area contributed by atoms with Gasteiger partial charge in [0.15, 0.2) is 5.16 Å². The number of fused-ring (bicyclic) bond motifs is 1. The molecule has 1 aliphatic rings. The number of aryl methyl sites for hydroxylation is 1. The number of piperidine rings is 1. The number of ether oxygens (including phenoxy) is 1. The van der Waals surface area contributed by atoms with Crippen LogP contribution >= 0.6 is 11.8 Å². The van der Waals surface area contributed by atoms with Crippen LogP contribution in [-0.2, 0) is 27.0 Å². The molecule has 2 heterocycles. The summed E-state index contributed by atoms with van der Waals surface area (Å²) in [5.74, 6) is -0.463. The van der Waals surface area contributed by atoms with Gasteiger partial charge < -0.3 is 14.2 Å². The highest BCUT2D eigenvalue weighted by Gasteiger charge is 2.33. The highest BCUT2D eigenvalue weighted by Crippen LogP contribution is 2.34. The maximum absolute atomic E-state index is 13.2. The zero-order chi connectivity index (χ0) is 23.5. The molecule has 32 heavy (non-hydrogen) atoms. The predicted octanol–water partition coefficient (Wildman–Crippen LogP) is 4.75. The van der Waals surface area contributed by atoms with E-state index in [0.29, 0.717) is 55.3 Å². The van der Waals surface area contributed by atoms with Gasteiger partial charge in [-0.05, 0) is 51.3 Å². The van der Waals surface area contributed by atoms with Gasteiger partial charge in [0.25, 0.3) is 0 Å². The van der Waals surface area contributed by atoms with Crippen molar-refractivity contribution in [2.24, 2.45) is 5.92 Å². The molecule has 3 rings (SSSR count). The SMILES string of the molecule is CCCn1c(SC(C)C(=O)N2CCC(C(=O)OCC)CC2)nc2ccc(C(F)(F)F)cc21. The molecule has 1 aromatic heterocycles. The van der Waals surface area contributed by atoms with Crippen LogP contribution in [0.2, 0.25) is 0 Å². The van der Waals surface area contributed by atoms with Crippen molar-refractivity contribution in [1.82, 2.24) is 14.5 Å². The number of imidazole rings is 1. The van der Waals surface area contributed by atoms with E-state index in [1.54, 1.807) is 23.3 Å². The van der Waals surface area contributed by atoms with Gasteiger partial charge in [-0.1, -0.05) is 18.7 Å². The molecule has 1 saturated heterocycles. The normalized spacial score (nSPS) is 16.4. The molecule has 0 N–H and O–H groups in total. The summed E-state index contributed by atoms with van der Waals surface area (Å²) in [5, 5.41) is 0.0760. The van der Waals surface area contributed by atoms with Crippen LogP contribution in [0, 0.1) is 5.92 Å². The van der Waals surface area contributed by atoms with Crippen LogP contribution in [0.3, 0.4) is 0 Å². The van der Waals surface area contributed by atoms with Crippen LogP contribution in [0.5, 0.6) is 0 Å². The summed E-state index contributed by atoms with van der Waals surface area (Å²) in [5.41, 5.74) is 0.176. The van der Waals surface area contributed by atoms with E-state index in [2.05, 4.69) is 4.98 Å².